The molecule has 1 N–H and O–H groups in total. The number of aromatic nitrogens is 3. The summed E-state index contributed by atoms with van der Waals surface area (Å²) in [7, 11) is 1.60. The second kappa shape index (κ2) is 6.32. The van der Waals surface area contributed by atoms with Gasteiger partial charge in [0.15, 0.2) is 5.82 Å². The van der Waals surface area contributed by atoms with E-state index >= 15 is 0 Å². The highest BCUT2D eigenvalue weighted by molar-refractivity contribution is 5.66. The molecule has 0 aliphatic heterocycles. The number of pyridine rings is 1. The minimum absolute atomic E-state index is 0.595. The Kier molecular flexibility index (Phi) is 4.50. The molecule has 2 rings (SSSR count). The zero-order chi connectivity index (χ0) is 14.5. The second-order valence-corrected chi connectivity index (χ2v) is 4.66. The van der Waals surface area contributed by atoms with Crippen molar-refractivity contribution in [1.29, 1.82) is 0 Å². The Hall–Kier alpha value is -2.17. The molecule has 0 aromatic carbocycles. The molecule has 0 saturated carbocycles. The molecule has 0 fully saturated rings. The van der Waals surface area contributed by atoms with E-state index in [1.54, 1.807) is 13.3 Å². The van der Waals surface area contributed by atoms with Gasteiger partial charge in [-0.15, -0.1) is 10.2 Å². The summed E-state index contributed by atoms with van der Waals surface area (Å²) in [5, 5.41) is 11.9. The van der Waals surface area contributed by atoms with Gasteiger partial charge in [-0.3, -0.25) is 0 Å². The van der Waals surface area contributed by atoms with E-state index in [-0.39, 0.29) is 0 Å². The summed E-state index contributed by atoms with van der Waals surface area (Å²) >= 11 is 0. The molecule has 0 unspecified atom stereocenters. The van der Waals surface area contributed by atoms with E-state index in [0.29, 0.717) is 5.88 Å². The van der Waals surface area contributed by atoms with Crippen molar-refractivity contribution < 1.29 is 4.74 Å². The van der Waals surface area contributed by atoms with Gasteiger partial charge in [0, 0.05) is 24.4 Å². The number of methoxy groups -OCH3 is 1. The Bertz CT molecular complexity index is 581. The quantitative estimate of drug-likeness (QED) is 0.906. The van der Waals surface area contributed by atoms with Crippen LogP contribution in [0.1, 0.15) is 24.5 Å². The molecule has 0 amide bonds. The van der Waals surface area contributed by atoms with Crippen molar-refractivity contribution in [2.24, 2.45) is 0 Å². The highest BCUT2D eigenvalue weighted by Gasteiger charge is 2.11. The third-order valence-electron chi connectivity index (χ3n) is 3.28. The first-order chi connectivity index (χ1) is 9.67. The van der Waals surface area contributed by atoms with E-state index in [4.69, 9.17) is 4.74 Å². The highest BCUT2D eigenvalue weighted by Crippen LogP contribution is 2.26. The SMILES string of the molecule is CCCNc1nnc(-c2ccc(OC)nc2)c(C)c1C. The van der Waals surface area contributed by atoms with E-state index in [1.807, 2.05) is 12.1 Å². The molecular formula is C15H20N4O. The van der Waals surface area contributed by atoms with Crippen LogP contribution in [-0.4, -0.2) is 28.8 Å². The van der Waals surface area contributed by atoms with Crippen LogP contribution < -0.4 is 10.1 Å². The van der Waals surface area contributed by atoms with Crippen molar-refractivity contribution in [1.82, 2.24) is 15.2 Å². The summed E-state index contributed by atoms with van der Waals surface area (Å²) in [6.45, 7) is 7.14. The summed E-state index contributed by atoms with van der Waals surface area (Å²) in [5.41, 5.74) is 4.05. The van der Waals surface area contributed by atoms with Crippen LogP contribution in [0.2, 0.25) is 0 Å². The normalized spacial score (nSPS) is 10.4. The molecule has 0 radical (unpaired) electrons. The maximum atomic E-state index is 5.07. The topological polar surface area (TPSA) is 59.9 Å². The summed E-state index contributed by atoms with van der Waals surface area (Å²) in [6.07, 6.45) is 2.82. The third-order valence-corrected chi connectivity index (χ3v) is 3.28. The maximum absolute atomic E-state index is 5.07. The Morgan fingerprint density at radius 2 is 1.95 bits per heavy atom. The minimum atomic E-state index is 0.595. The van der Waals surface area contributed by atoms with Gasteiger partial charge in [0.05, 0.1) is 12.8 Å². The first-order valence-electron chi connectivity index (χ1n) is 6.75. The van der Waals surface area contributed by atoms with E-state index < -0.39 is 0 Å². The molecule has 5 heteroatoms. The van der Waals surface area contributed by atoms with Gasteiger partial charge in [-0.25, -0.2) is 4.98 Å². The third kappa shape index (κ3) is 2.87. The summed E-state index contributed by atoms with van der Waals surface area (Å²) in [6, 6.07) is 3.77. The van der Waals surface area contributed by atoms with Gasteiger partial charge in [0.25, 0.3) is 0 Å². The van der Waals surface area contributed by atoms with E-state index in [0.717, 1.165) is 41.2 Å². The molecule has 5 nitrogen and oxygen atoms in total. The molecular weight excluding hydrogens is 252 g/mol. The Labute approximate surface area is 119 Å². The average molecular weight is 272 g/mol. The van der Waals surface area contributed by atoms with Crippen molar-refractivity contribution in [3.63, 3.8) is 0 Å². The van der Waals surface area contributed by atoms with Crippen LogP contribution in [0.4, 0.5) is 5.82 Å². The lowest BCUT2D eigenvalue weighted by Gasteiger charge is -2.12. The zero-order valence-electron chi connectivity index (χ0n) is 12.4. The number of anilines is 1. The minimum Gasteiger partial charge on any atom is -0.481 e. The van der Waals surface area contributed by atoms with Crippen molar-refractivity contribution in [3.8, 4) is 17.1 Å². The van der Waals surface area contributed by atoms with Crippen molar-refractivity contribution >= 4 is 5.82 Å². The Morgan fingerprint density at radius 3 is 2.55 bits per heavy atom. The number of nitrogens with zero attached hydrogens (tertiary/aromatic N) is 3. The van der Waals surface area contributed by atoms with E-state index in [9.17, 15) is 0 Å². The fourth-order valence-electron chi connectivity index (χ4n) is 1.93. The zero-order valence-corrected chi connectivity index (χ0v) is 12.4. The lowest BCUT2D eigenvalue weighted by atomic mass is 10.1. The molecule has 0 bridgehead atoms. The fraction of sp³-hybridized carbons (Fsp3) is 0.400. The molecule has 2 aromatic rings. The van der Waals surface area contributed by atoms with Gasteiger partial charge in [-0.1, -0.05) is 6.92 Å². The van der Waals surface area contributed by atoms with E-state index in [1.165, 1.54) is 0 Å². The monoisotopic (exact) mass is 272 g/mol. The second-order valence-electron chi connectivity index (χ2n) is 4.66. The molecule has 0 aliphatic carbocycles. The maximum Gasteiger partial charge on any atom is 0.212 e. The molecule has 106 valence electrons. The van der Waals surface area contributed by atoms with Crippen molar-refractivity contribution in [3.05, 3.63) is 29.5 Å². The van der Waals surface area contributed by atoms with Gasteiger partial charge in [-0.2, -0.15) is 0 Å². The Morgan fingerprint density at radius 1 is 1.15 bits per heavy atom. The summed E-state index contributed by atoms with van der Waals surface area (Å²) in [5.74, 6) is 1.45. The highest BCUT2D eigenvalue weighted by atomic mass is 16.5. The average Bonchev–Trinajstić information content (AvgIpc) is 2.49. The predicted molar refractivity (Wildman–Crippen MR) is 80.1 cm³/mol. The van der Waals surface area contributed by atoms with Crippen molar-refractivity contribution in [2.75, 3.05) is 19.0 Å². The van der Waals surface area contributed by atoms with Crippen molar-refractivity contribution in [2.45, 2.75) is 27.2 Å². The number of ether oxygens (including phenoxy) is 1. The van der Waals surface area contributed by atoms with Crippen LogP contribution in [0.3, 0.4) is 0 Å². The van der Waals surface area contributed by atoms with Gasteiger partial charge in [0.2, 0.25) is 5.88 Å². The molecule has 0 aliphatic rings. The van der Waals surface area contributed by atoms with Crippen LogP contribution in [0.15, 0.2) is 18.3 Å². The van der Waals surface area contributed by atoms with Gasteiger partial charge in [0.1, 0.15) is 0 Å². The number of rotatable bonds is 5. The van der Waals surface area contributed by atoms with Crippen LogP contribution >= 0.6 is 0 Å². The predicted octanol–water partition coefficient (Wildman–Crippen LogP) is 2.99. The lowest BCUT2D eigenvalue weighted by Crippen LogP contribution is -2.07. The number of hydrogen-bond acceptors (Lipinski definition) is 5. The van der Waals surface area contributed by atoms with E-state index in [2.05, 4.69) is 41.3 Å². The fourth-order valence-corrected chi connectivity index (χ4v) is 1.93. The first kappa shape index (κ1) is 14.2. The van der Waals surface area contributed by atoms with Crippen LogP contribution in [0.25, 0.3) is 11.3 Å². The Balaban J connectivity index is 2.34. The number of nitrogens with one attached hydrogen (secondary N) is 1. The smallest absolute Gasteiger partial charge is 0.212 e. The first-order valence-corrected chi connectivity index (χ1v) is 6.75. The summed E-state index contributed by atoms with van der Waals surface area (Å²) < 4.78 is 5.07. The molecule has 0 atom stereocenters. The molecule has 0 saturated heterocycles. The van der Waals surface area contributed by atoms with Gasteiger partial charge < -0.3 is 10.1 Å². The largest absolute Gasteiger partial charge is 0.481 e. The van der Waals surface area contributed by atoms with Gasteiger partial charge >= 0.3 is 0 Å². The molecule has 0 spiro atoms. The standard InChI is InChI=1S/C15H20N4O/c1-5-8-16-15-11(3)10(2)14(18-19-15)12-6-7-13(20-4)17-9-12/h6-7,9H,5,8H2,1-4H3,(H,16,19). The number of hydrogen-bond donors (Lipinski definition) is 1. The van der Waals surface area contributed by atoms with Crippen LogP contribution in [0.5, 0.6) is 5.88 Å². The van der Waals surface area contributed by atoms with Crippen LogP contribution in [-0.2, 0) is 0 Å². The molecule has 2 aromatic heterocycles. The van der Waals surface area contributed by atoms with Crippen LogP contribution in [0, 0.1) is 13.8 Å². The molecule has 2 heterocycles. The van der Waals surface area contributed by atoms with Gasteiger partial charge in [-0.05, 0) is 37.5 Å². The summed E-state index contributed by atoms with van der Waals surface area (Å²) in [4.78, 5) is 4.21. The molecule has 20 heavy (non-hydrogen) atoms. The lowest BCUT2D eigenvalue weighted by molar-refractivity contribution is 0.398.